The molecule has 1 fully saturated rings. The van der Waals surface area contributed by atoms with Gasteiger partial charge >= 0.3 is 0 Å². The highest BCUT2D eigenvalue weighted by Crippen LogP contribution is 2.33. The number of nitrogens with zero attached hydrogens (tertiary/aromatic N) is 2. The summed E-state index contributed by atoms with van der Waals surface area (Å²) in [6.45, 7) is 0.693. The lowest BCUT2D eigenvalue weighted by atomic mass is 10.1. The minimum atomic E-state index is -0.519. The predicted molar refractivity (Wildman–Crippen MR) is 93.2 cm³/mol. The van der Waals surface area contributed by atoms with Gasteiger partial charge in [0.25, 0.3) is 5.91 Å². The molecule has 26 heavy (non-hydrogen) atoms. The van der Waals surface area contributed by atoms with E-state index in [-0.39, 0.29) is 31.2 Å². The number of carbonyl (C=O) groups excluding carboxylic acids is 3. The van der Waals surface area contributed by atoms with Crippen molar-refractivity contribution in [3.05, 3.63) is 22.9 Å². The number of ether oxygens (including phenoxy) is 1. The number of hydrogen-bond acceptors (Lipinski definition) is 5. The highest BCUT2D eigenvalue weighted by molar-refractivity contribution is 5.98. The Labute approximate surface area is 152 Å². The summed E-state index contributed by atoms with van der Waals surface area (Å²) in [7, 11) is 1.51. The Balaban J connectivity index is 1.71. The van der Waals surface area contributed by atoms with Gasteiger partial charge in [0.2, 0.25) is 17.7 Å². The molecule has 8 heteroatoms. The molecule has 1 aromatic rings. The Morgan fingerprint density at radius 3 is 2.73 bits per heavy atom. The van der Waals surface area contributed by atoms with E-state index in [1.165, 1.54) is 7.11 Å². The molecule has 0 atom stereocenters. The number of methoxy groups -OCH3 is 1. The molecule has 1 saturated carbocycles. The predicted octanol–water partition coefficient (Wildman–Crippen LogP) is 0.870. The lowest BCUT2D eigenvalue weighted by Crippen LogP contribution is -2.33. The molecular formula is C18H24N4O4. The third-order valence-electron chi connectivity index (χ3n) is 4.99. The van der Waals surface area contributed by atoms with E-state index in [4.69, 9.17) is 10.5 Å². The molecule has 0 radical (unpaired) electrons. The topological polar surface area (TPSA) is 115 Å². The van der Waals surface area contributed by atoms with Crippen LogP contribution in [0, 0.1) is 0 Å². The minimum Gasteiger partial charge on any atom is -0.481 e. The van der Waals surface area contributed by atoms with Crippen molar-refractivity contribution in [1.82, 2.24) is 15.2 Å². The summed E-state index contributed by atoms with van der Waals surface area (Å²) in [4.78, 5) is 41.7. The number of primary amides is 1. The maximum atomic E-state index is 12.8. The van der Waals surface area contributed by atoms with Gasteiger partial charge in [-0.15, -0.1) is 0 Å². The fraction of sp³-hybridized carbons (Fsp3) is 0.556. The second-order valence-corrected chi connectivity index (χ2v) is 6.77. The fourth-order valence-electron chi connectivity index (χ4n) is 3.60. The quantitative estimate of drug-likeness (QED) is 0.749. The van der Waals surface area contributed by atoms with E-state index in [1.54, 1.807) is 6.07 Å². The van der Waals surface area contributed by atoms with Gasteiger partial charge in [-0.05, 0) is 18.9 Å². The molecule has 0 spiro atoms. The number of fused-ring (bicyclic) bond motifs is 1. The number of rotatable bonds is 7. The number of amides is 3. The van der Waals surface area contributed by atoms with Crippen LogP contribution in [-0.4, -0.2) is 40.8 Å². The van der Waals surface area contributed by atoms with Crippen molar-refractivity contribution >= 4 is 17.7 Å². The van der Waals surface area contributed by atoms with E-state index >= 15 is 0 Å². The Morgan fingerprint density at radius 1 is 1.35 bits per heavy atom. The molecule has 8 nitrogen and oxygen atoms in total. The fourth-order valence-corrected chi connectivity index (χ4v) is 3.60. The smallest absolute Gasteiger partial charge is 0.256 e. The lowest BCUT2D eigenvalue weighted by Gasteiger charge is -2.22. The zero-order chi connectivity index (χ0) is 18.7. The first-order chi connectivity index (χ1) is 12.5. The summed E-state index contributed by atoms with van der Waals surface area (Å²) < 4.78 is 5.33. The average molecular weight is 360 g/mol. The molecule has 0 bridgehead atoms. The Hall–Kier alpha value is -2.64. The number of carbonyl (C=O) groups is 3. The van der Waals surface area contributed by atoms with Crippen molar-refractivity contribution < 1.29 is 19.1 Å². The van der Waals surface area contributed by atoms with E-state index in [2.05, 4.69) is 10.3 Å². The van der Waals surface area contributed by atoms with Gasteiger partial charge in [0.05, 0.1) is 24.9 Å². The summed E-state index contributed by atoms with van der Waals surface area (Å²) in [5.74, 6) is -0.400. The van der Waals surface area contributed by atoms with Crippen LogP contribution in [0.2, 0.25) is 0 Å². The highest BCUT2D eigenvalue weighted by atomic mass is 16.5. The van der Waals surface area contributed by atoms with Crippen molar-refractivity contribution in [2.45, 2.75) is 57.7 Å². The number of nitrogens with one attached hydrogen (secondary N) is 1. The first-order valence-electron chi connectivity index (χ1n) is 8.92. The van der Waals surface area contributed by atoms with Crippen LogP contribution in [-0.2, 0) is 22.7 Å². The first kappa shape index (κ1) is 18.2. The summed E-state index contributed by atoms with van der Waals surface area (Å²) in [5, 5.41) is 2.71. The number of pyridine rings is 1. The van der Waals surface area contributed by atoms with Crippen molar-refractivity contribution in [3.8, 4) is 5.88 Å². The average Bonchev–Trinajstić information content (AvgIpc) is 3.25. The molecule has 3 rings (SSSR count). The molecular weight excluding hydrogens is 336 g/mol. The molecule has 2 aliphatic rings. The lowest BCUT2D eigenvalue weighted by molar-refractivity contribution is -0.125. The van der Waals surface area contributed by atoms with Gasteiger partial charge < -0.3 is 20.7 Å². The van der Waals surface area contributed by atoms with Gasteiger partial charge in [0.15, 0.2) is 0 Å². The van der Waals surface area contributed by atoms with Gasteiger partial charge in [0, 0.05) is 31.0 Å². The summed E-state index contributed by atoms with van der Waals surface area (Å²) >= 11 is 0. The molecule has 140 valence electrons. The van der Waals surface area contributed by atoms with Crippen LogP contribution in [0.4, 0.5) is 0 Å². The van der Waals surface area contributed by atoms with Crippen LogP contribution >= 0.6 is 0 Å². The van der Waals surface area contributed by atoms with Crippen LogP contribution in [0.3, 0.4) is 0 Å². The monoisotopic (exact) mass is 360 g/mol. The first-order valence-corrected chi connectivity index (χ1v) is 8.92. The number of nitrogens with two attached hydrogens (primary N) is 1. The Morgan fingerprint density at radius 2 is 2.08 bits per heavy atom. The van der Waals surface area contributed by atoms with Gasteiger partial charge in [-0.3, -0.25) is 14.4 Å². The summed E-state index contributed by atoms with van der Waals surface area (Å²) in [5.41, 5.74) is 6.99. The van der Waals surface area contributed by atoms with E-state index in [0.717, 1.165) is 31.4 Å². The molecule has 3 amide bonds. The Bertz CT molecular complexity index is 728. The Kier molecular flexibility index (Phi) is 5.39. The van der Waals surface area contributed by atoms with Crippen LogP contribution in [0.5, 0.6) is 5.88 Å². The molecule has 2 heterocycles. The SMILES string of the molecule is COc1nc2c(cc1CNC(=O)CCC(N)=O)C(=O)N(C1CCCC1)C2. The van der Waals surface area contributed by atoms with E-state index in [1.807, 2.05) is 4.90 Å². The number of hydrogen-bond donors (Lipinski definition) is 2. The molecule has 1 aliphatic carbocycles. The van der Waals surface area contributed by atoms with Gasteiger partial charge in [-0.25, -0.2) is 4.98 Å². The minimum absolute atomic E-state index is 0.000239. The highest BCUT2D eigenvalue weighted by Gasteiger charge is 2.35. The largest absolute Gasteiger partial charge is 0.481 e. The van der Waals surface area contributed by atoms with E-state index < -0.39 is 5.91 Å². The molecule has 3 N–H and O–H groups in total. The maximum Gasteiger partial charge on any atom is 0.256 e. The number of aromatic nitrogens is 1. The van der Waals surface area contributed by atoms with Gasteiger partial charge in [0.1, 0.15) is 0 Å². The molecule has 0 unspecified atom stereocenters. The second-order valence-electron chi connectivity index (χ2n) is 6.77. The third kappa shape index (κ3) is 3.79. The molecule has 1 aliphatic heterocycles. The standard InChI is InChI=1S/C18H24N4O4/c1-26-17-11(9-20-16(24)7-6-15(19)23)8-13-14(21-17)10-22(18(13)25)12-4-2-3-5-12/h8,12H,2-7,9-10H2,1H3,(H2,19,23)(H,20,24). The van der Waals surface area contributed by atoms with Crippen molar-refractivity contribution in [2.75, 3.05) is 7.11 Å². The maximum absolute atomic E-state index is 12.8. The second kappa shape index (κ2) is 7.72. The zero-order valence-electron chi connectivity index (χ0n) is 14.9. The molecule has 0 aromatic carbocycles. The van der Waals surface area contributed by atoms with Crippen molar-refractivity contribution in [2.24, 2.45) is 5.73 Å². The summed E-state index contributed by atoms with van der Waals surface area (Å²) in [6, 6.07) is 2.05. The zero-order valence-corrected chi connectivity index (χ0v) is 14.9. The van der Waals surface area contributed by atoms with E-state index in [0.29, 0.717) is 29.6 Å². The van der Waals surface area contributed by atoms with Crippen LogP contribution in [0.25, 0.3) is 0 Å². The van der Waals surface area contributed by atoms with Gasteiger partial charge in [-0.1, -0.05) is 12.8 Å². The van der Waals surface area contributed by atoms with Gasteiger partial charge in [-0.2, -0.15) is 0 Å². The molecule has 0 saturated heterocycles. The molecule has 1 aromatic heterocycles. The normalized spacial score (nSPS) is 16.7. The van der Waals surface area contributed by atoms with Crippen LogP contribution in [0.15, 0.2) is 6.07 Å². The van der Waals surface area contributed by atoms with Crippen LogP contribution < -0.4 is 15.8 Å². The summed E-state index contributed by atoms with van der Waals surface area (Å²) in [6.07, 6.45) is 4.43. The van der Waals surface area contributed by atoms with E-state index in [9.17, 15) is 14.4 Å². The van der Waals surface area contributed by atoms with Crippen molar-refractivity contribution in [1.29, 1.82) is 0 Å². The van der Waals surface area contributed by atoms with Crippen molar-refractivity contribution in [3.63, 3.8) is 0 Å². The van der Waals surface area contributed by atoms with Crippen LogP contribution in [0.1, 0.15) is 60.1 Å². The third-order valence-corrected chi connectivity index (χ3v) is 4.99.